The first kappa shape index (κ1) is 13.8. The van der Waals surface area contributed by atoms with Crippen molar-refractivity contribution < 1.29 is 4.79 Å². The average molecular weight is 237 g/mol. The molecule has 17 heavy (non-hydrogen) atoms. The van der Waals surface area contributed by atoms with E-state index in [0.29, 0.717) is 13.0 Å². The lowest BCUT2D eigenvalue weighted by molar-refractivity contribution is -0.120. The van der Waals surface area contributed by atoms with Crippen LogP contribution in [0.1, 0.15) is 23.4 Å². The minimum atomic E-state index is 0.115. The van der Waals surface area contributed by atoms with Crippen molar-refractivity contribution in [1.82, 2.24) is 15.2 Å². The van der Waals surface area contributed by atoms with Gasteiger partial charge in [-0.2, -0.15) is 0 Å². The second-order valence-corrected chi connectivity index (χ2v) is 4.41. The highest BCUT2D eigenvalue weighted by Crippen LogP contribution is 2.13. The van der Waals surface area contributed by atoms with E-state index in [1.807, 2.05) is 7.05 Å². The molecule has 4 heteroatoms. The molecule has 1 rings (SSSR count). The predicted molar refractivity (Wildman–Crippen MR) is 70.1 cm³/mol. The topological polar surface area (TPSA) is 46.1 Å². The Hall–Kier alpha value is -1.29. The molecule has 0 aliphatic heterocycles. The SMILES string of the molecule is CNCCC(=O)NCCc1cc(C)n(C)c1C. The van der Waals surface area contributed by atoms with Gasteiger partial charge in [0.2, 0.25) is 5.91 Å². The zero-order chi connectivity index (χ0) is 12.8. The van der Waals surface area contributed by atoms with Gasteiger partial charge in [0, 0.05) is 37.9 Å². The molecule has 1 amide bonds. The van der Waals surface area contributed by atoms with Gasteiger partial charge in [-0.25, -0.2) is 0 Å². The molecular weight excluding hydrogens is 214 g/mol. The molecule has 0 bridgehead atoms. The predicted octanol–water partition coefficient (Wildman–Crippen LogP) is 0.910. The Balaban J connectivity index is 2.36. The van der Waals surface area contributed by atoms with Gasteiger partial charge >= 0.3 is 0 Å². The normalized spacial score (nSPS) is 10.6. The molecule has 1 heterocycles. The van der Waals surface area contributed by atoms with Gasteiger partial charge in [-0.1, -0.05) is 0 Å². The molecule has 1 aromatic rings. The summed E-state index contributed by atoms with van der Waals surface area (Å²) in [4.78, 5) is 11.4. The molecular formula is C13H23N3O. The molecule has 2 N–H and O–H groups in total. The summed E-state index contributed by atoms with van der Waals surface area (Å²) in [6.07, 6.45) is 1.45. The first-order valence-electron chi connectivity index (χ1n) is 6.09. The molecule has 0 atom stereocenters. The van der Waals surface area contributed by atoms with Gasteiger partial charge in [0.1, 0.15) is 0 Å². The summed E-state index contributed by atoms with van der Waals surface area (Å²) in [5.74, 6) is 0.115. The Morgan fingerprint density at radius 3 is 2.59 bits per heavy atom. The van der Waals surface area contributed by atoms with Crippen LogP contribution in [0.3, 0.4) is 0 Å². The lowest BCUT2D eigenvalue weighted by Gasteiger charge is -2.05. The molecule has 0 spiro atoms. The Morgan fingerprint density at radius 1 is 1.35 bits per heavy atom. The van der Waals surface area contributed by atoms with Crippen molar-refractivity contribution in [3.63, 3.8) is 0 Å². The van der Waals surface area contributed by atoms with Crippen molar-refractivity contribution >= 4 is 5.91 Å². The second-order valence-electron chi connectivity index (χ2n) is 4.41. The highest BCUT2D eigenvalue weighted by atomic mass is 16.1. The van der Waals surface area contributed by atoms with Crippen LogP contribution in [0, 0.1) is 13.8 Å². The third kappa shape index (κ3) is 3.89. The van der Waals surface area contributed by atoms with Crippen molar-refractivity contribution in [2.75, 3.05) is 20.1 Å². The van der Waals surface area contributed by atoms with E-state index in [4.69, 9.17) is 0 Å². The van der Waals surface area contributed by atoms with Crippen molar-refractivity contribution in [1.29, 1.82) is 0 Å². The number of aromatic nitrogens is 1. The highest BCUT2D eigenvalue weighted by molar-refractivity contribution is 5.76. The van der Waals surface area contributed by atoms with Crippen molar-refractivity contribution in [2.45, 2.75) is 26.7 Å². The standard InChI is InChI=1S/C13H23N3O/c1-10-9-12(11(2)16(10)4)5-8-15-13(17)6-7-14-3/h9,14H,5-8H2,1-4H3,(H,15,17). The summed E-state index contributed by atoms with van der Waals surface area (Å²) < 4.78 is 2.18. The molecule has 4 nitrogen and oxygen atoms in total. The van der Waals surface area contributed by atoms with E-state index in [9.17, 15) is 4.79 Å². The van der Waals surface area contributed by atoms with Crippen LogP contribution < -0.4 is 10.6 Å². The summed E-state index contributed by atoms with van der Waals surface area (Å²) in [6.45, 7) is 5.66. The molecule has 0 aliphatic rings. The second kappa shape index (κ2) is 6.45. The number of rotatable bonds is 6. The van der Waals surface area contributed by atoms with Crippen LogP contribution in [0.4, 0.5) is 0 Å². The first-order chi connectivity index (χ1) is 8.06. The number of carbonyl (C=O) groups is 1. The van der Waals surface area contributed by atoms with Crippen molar-refractivity contribution in [2.24, 2.45) is 7.05 Å². The number of amides is 1. The molecule has 0 aliphatic carbocycles. The molecule has 0 fully saturated rings. The lowest BCUT2D eigenvalue weighted by Crippen LogP contribution is -2.28. The molecule has 0 aromatic carbocycles. The minimum Gasteiger partial charge on any atom is -0.356 e. The third-order valence-corrected chi connectivity index (χ3v) is 3.20. The van der Waals surface area contributed by atoms with Gasteiger partial charge in [0.15, 0.2) is 0 Å². The van der Waals surface area contributed by atoms with Crippen LogP contribution in [0.5, 0.6) is 0 Å². The Labute approximate surface area is 103 Å². The summed E-state index contributed by atoms with van der Waals surface area (Å²) >= 11 is 0. The van der Waals surface area contributed by atoms with Crippen LogP contribution >= 0.6 is 0 Å². The van der Waals surface area contributed by atoms with Gasteiger partial charge in [0.25, 0.3) is 0 Å². The zero-order valence-electron chi connectivity index (χ0n) is 11.3. The van der Waals surface area contributed by atoms with E-state index in [1.165, 1.54) is 17.0 Å². The Kier molecular flexibility index (Phi) is 5.22. The third-order valence-electron chi connectivity index (χ3n) is 3.20. The minimum absolute atomic E-state index is 0.115. The van der Waals surface area contributed by atoms with Crippen molar-refractivity contribution in [3.8, 4) is 0 Å². The monoisotopic (exact) mass is 237 g/mol. The van der Waals surface area contributed by atoms with E-state index in [2.05, 4.69) is 42.2 Å². The van der Waals surface area contributed by atoms with E-state index in [-0.39, 0.29) is 5.91 Å². The maximum Gasteiger partial charge on any atom is 0.221 e. The van der Waals surface area contributed by atoms with Gasteiger partial charge in [-0.05, 0) is 38.9 Å². The van der Waals surface area contributed by atoms with E-state index >= 15 is 0 Å². The van der Waals surface area contributed by atoms with E-state index < -0.39 is 0 Å². The summed E-state index contributed by atoms with van der Waals surface area (Å²) in [5, 5.41) is 5.90. The fourth-order valence-electron chi connectivity index (χ4n) is 1.85. The molecule has 0 radical (unpaired) electrons. The van der Waals surface area contributed by atoms with Gasteiger partial charge in [-0.15, -0.1) is 0 Å². The quantitative estimate of drug-likeness (QED) is 0.772. The molecule has 0 saturated carbocycles. The average Bonchev–Trinajstić information content (AvgIpc) is 2.54. The van der Waals surface area contributed by atoms with Crippen LogP contribution in [0.15, 0.2) is 6.07 Å². The maximum atomic E-state index is 11.4. The van der Waals surface area contributed by atoms with Crippen LogP contribution in [-0.4, -0.2) is 30.6 Å². The number of carbonyl (C=O) groups excluding carboxylic acids is 1. The molecule has 0 saturated heterocycles. The Morgan fingerprint density at radius 2 is 2.06 bits per heavy atom. The smallest absolute Gasteiger partial charge is 0.221 e. The van der Waals surface area contributed by atoms with Gasteiger partial charge in [0.05, 0.1) is 0 Å². The first-order valence-corrected chi connectivity index (χ1v) is 6.09. The number of nitrogens with zero attached hydrogens (tertiary/aromatic N) is 1. The zero-order valence-corrected chi connectivity index (χ0v) is 11.3. The van der Waals surface area contributed by atoms with E-state index in [0.717, 1.165) is 13.0 Å². The summed E-state index contributed by atoms with van der Waals surface area (Å²) in [5.41, 5.74) is 3.87. The summed E-state index contributed by atoms with van der Waals surface area (Å²) in [6, 6.07) is 2.19. The molecule has 1 aromatic heterocycles. The molecule has 96 valence electrons. The van der Waals surface area contributed by atoms with Crippen LogP contribution in [-0.2, 0) is 18.3 Å². The van der Waals surface area contributed by atoms with Gasteiger partial charge in [-0.3, -0.25) is 4.79 Å². The number of aryl methyl sites for hydroxylation is 1. The largest absolute Gasteiger partial charge is 0.356 e. The number of hydrogen-bond donors (Lipinski definition) is 2. The maximum absolute atomic E-state index is 11.4. The van der Waals surface area contributed by atoms with Crippen LogP contribution in [0.25, 0.3) is 0 Å². The fourth-order valence-corrected chi connectivity index (χ4v) is 1.85. The number of hydrogen-bond acceptors (Lipinski definition) is 2. The highest BCUT2D eigenvalue weighted by Gasteiger charge is 2.06. The van der Waals surface area contributed by atoms with Gasteiger partial charge < -0.3 is 15.2 Å². The van der Waals surface area contributed by atoms with E-state index in [1.54, 1.807) is 0 Å². The number of nitrogens with one attached hydrogen (secondary N) is 2. The fraction of sp³-hybridized carbons (Fsp3) is 0.615. The van der Waals surface area contributed by atoms with Crippen LogP contribution in [0.2, 0.25) is 0 Å². The lowest BCUT2D eigenvalue weighted by atomic mass is 10.2. The van der Waals surface area contributed by atoms with Crippen molar-refractivity contribution in [3.05, 3.63) is 23.0 Å². The summed E-state index contributed by atoms with van der Waals surface area (Å²) in [7, 11) is 3.92. The Bertz CT molecular complexity index is 382. The molecule has 0 unspecified atom stereocenters.